The summed E-state index contributed by atoms with van der Waals surface area (Å²) in [6, 6.07) is 0.358. The zero-order valence-electron chi connectivity index (χ0n) is 12.1. The fraction of sp³-hybridized carbons (Fsp3) is 0.929. The highest BCUT2D eigenvalue weighted by atomic mass is 16.5. The molecule has 0 radical (unpaired) electrons. The predicted molar refractivity (Wildman–Crippen MR) is 73.0 cm³/mol. The summed E-state index contributed by atoms with van der Waals surface area (Å²) in [6.45, 7) is 2.74. The summed E-state index contributed by atoms with van der Waals surface area (Å²) in [5, 5.41) is 3.36. The van der Waals surface area contributed by atoms with Crippen molar-refractivity contribution in [2.75, 3.05) is 33.9 Å². The van der Waals surface area contributed by atoms with Crippen LogP contribution in [0.1, 0.15) is 32.1 Å². The Morgan fingerprint density at radius 1 is 1.47 bits per heavy atom. The second-order valence-electron chi connectivity index (χ2n) is 5.70. The molecule has 0 spiro atoms. The third kappa shape index (κ3) is 5.09. The molecule has 110 valence electrons. The largest absolute Gasteiger partial charge is 0.468 e. The Balaban J connectivity index is 1.68. The van der Waals surface area contributed by atoms with E-state index in [0.29, 0.717) is 12.1 Å². The van der Waals surface area contributed by atoms with Gasteiger partial charge in [-0.05, 0) is 45.7 Å². The third-order valence-electron chi connectivity index (χ3n) is 3.84. The van der Waals surface area contributed by atoms with Gasteiger partial charge in [-0.2, -0.15) is 0 Å². The van der Waals surface area contributed by atoms with Crippen LogP contribution < -0.4 is 5.32 Å². The molecule has 19 heavy (non-hydrogen) atoms. The fourth-order valence-electron chi connectivity index (χ4n) is 2.52. The summed E-state index contributed by atoms with van der Waals surface area (Å²) < 4.78 is 10.5. The van der Waals surface area contributed by atoms with Gasteiger partial charge in [-0.1, -0.05) is 0 Å². The molecule has 1 aliphatic carbocycles. The SMILES string of the molecule is COC(=O)C(CCN(C)CC1CCCO1)NC1CC1. The molecule has 5 heteroatoms. The van der Waals surface area contributed by atoms with Crippen molar-refractivity contribution in [3.05, 3.63) is 0 Å². The molecule has 1 saturated heterocycles. The topological polar surface area (TPSA) is 50.8 Å². The fourth-order valence-corrected chi connectivity index (χ4v) is 2.52. The molecule has 1 heterocycles. The van der Waals surface area contributed by atoms with Gasteiger partial charge in [0.25, 0.3) is 0 Å². The number of rotatable bonds is 8. The van der Waals surface area contributed by atoms with Gasteiger partial charge in [0.1, 0.15) is 6.04 Å². The van der Waals surface area contributed by atoms with Crippen molar-refractivity contribution in [3.63, 3.8) is 0 Å². The van der Waals surface area contributed by atoms with E-state index in [9.17, 15) is 4.79 Å². The molecule has 1 N–H and O–H groups in total. The standard InChI is InChI=1S/C14H26N2O3/c1-16(10-12-4-3-9-19-12)8-7-13(14(17)18-2)15-11-5-6-11/h11-13,15H,3-10H2,1-2H3. The number of likely N-dealkylation sites (N-methyl/N-ethyl adjacent to an activating group) is 1. The van der Waals surface area contributed by atoms with Crippen LogP contribution in [0.4, 0.5) is 0 Å². The molecule has 0 amide bonds. The summed E-state index contributed by atoms with van der Waals surface area (Å²) in [5.41, 5.74) is 0. The molecule has 5 nitrogen and oxygen atoms in total. The average Bonchev–Trinajstić information content (AvgIpc) is 3.09. The number of carbonyl (C=O) groups excluding carboxylic acids is 1. The molecule has 2 atom stereocenters. The maximum atomic E-state index is 11.7. The van der Waals surface area contributed by atoms with E-state index in [-0.39, 0.29) is 12.0 Å². The van der Waals surface area contributed by atoms with Crippen molar-refractivity contribution < 1.29 is 14.3 Å². The summed E-state index contributed by atoms with van der Waals surface area (Å²) in [5.74, 6) is -0.141. The number of nitrogens with one attached hydrogen (secondary N) is 1. The van der Waals surface area contributed by atoms with E-state index in [1.165, 1.54) is 26.4 Å². The van der Waals surface area contributed by atoms with Crippen molar-refractivity contribution >= 4 is 5.97 Å². The zero-order chi connectivity index (χ0) is 13.7. The number of ether oxygens (including phenoxy) is 2. The molecule has 2 fully saturated rings. The molecule has 0 aromatic heterocycles. The van der Waals surface area contributed by atoms with E-state index in [2.05, 4.69) is 17.3 Å². The Labute approximate surface area is 115 Å². The smallest absolute Gasteiger partial charge is 0.322 e. The molecular formula is C14H26N2O3. The highest BCUT2D eigenvalue weighted by Gasteiger charge is 2.29. The van der Waals surface area contributed by atoms with Crippen LogP contribution in [0.25, 0.3) is 0 Å². The Morgan fingerprint density at radius 3 is 2.84 bits per heavy atom. The van der Waals surface area contributed by atoms with E-state index >= 15 is 0 Å². The van der Waals surface area contributed by atoms with Crippen molar-refractivity contribution in [1.29, 1.82) is 0 Å². The van der Waals surface area contributed by atoms with Gasteiger partial charge in [0, 0.05) is 19.2 Å². The van der Waals surface area contributed by atoms with E-state index in [1.807, 2.05) is 0 Å². The normalized spacial score (nSPS) is 24.7. The Morgan fingerprint density at radius 2 is 2.26 bits per heavy atom. The van der Waals surface area contributed by atoms with Gasteiger partial charge < -0.3 is 19.7 Å². The van der Waals surface area contributed by atoms with Gasteiger partial charge in [-0.15, -0.1) is 0 Å². The van der Waals surface area contributed by atoms with E-state index in [1.54, 1.807) is 0 Å². The Kier molecular flexibility index (Phi) is 5.60. The molecule has 0 aromatic rings. The van der Waals surface area contributed by atoms with Crippen molar-refractivity contribution in [3.8, 4) is 0 Å². The van der Waals surface area contributed by atoms with Crippen LogP contribution in [0.2, 0.25) is 0 Å². The van der Waals surface area contributed by atoms with Crippen LogP contribution in [0.15, 0.2) is 0 Å². The Bertz CT molecular complexity index is 288. The second-order valence-corrected chi connectivity index (χ2v) is 5.70. The lowest BCUT2D eigenvalue weighted by molar-refractivity contribution is -0.143. The minimum absolute atomic E-state index is 0.141. The number of carbonyl (C=O) groups is 1. The summed E-state index contributed by atoms with van der Waals surface area (Å²) in [4.78, 5) is 14.0. The van der Waals surface area contributed by atoms with Crippen LogP contribution in [-0.2, 0) is 14.3 Å². The number of methoxy groups -OCH3 is 1. The Hall–Kier alpha value is -0.650. The lowest BCUT2D eigenvalue weighted by Crippen LogP contribution is -2.42. The maximum absolute atomic E-state index is 11.7. The second kappa shape index (κ2) is 7.22. The number of hydrogen-bond acceptors (Lipinski definition) is 5. The van der Waals surface area contributed by atoms with E-state index in [0.717, 1.165) is 32.5 Å². The van der Waals surface area contributed by atoms with E-state index in [4.69, 9.17) is 9.47 Å². The summed E-state index contributed by atoms with van der Waals surface area (Å²) in [7, 11) is 3.55. The minimum Gasteiger partial charge on any atom is -0.468 e. The third-order valence-corrected chi connectivity index (χ3v) is 3.84. The number of nitrogens with zero attached hydrogens (tertiary/aromatic N) is 1. The quantitative estimate of drug-likeness (QED) is 0.661. The van der Waals surface area contributed by atoms with Crippen molar-refractivity contribution in [2.24, 2.45) is 0 Å². The zero-order valence-corrected chi connectivity index (χ0v) is 12.1. The van der Waals surface area contributed by atoms with Crippen LogP contribution in [0.5, 0.6) is 0 Å². The van der Waals surface area contributed by atoms with Gasteiger partial charge in [-0.3, -0.25) is 4.79 Å². The van der Waals surface area contributed by atoms with Crippen molar-refractivity contribution in [2.45, 2.75) is 50.3 Å². The predicted octanol–water partition coefficient (Wildman–Crippen LogP) is 0.781. The molecule has 1 aliphatic heterocycles. The average molecular weight is 270 g/mol. The first-order chi connectivity index (χ1) is 9.19. The highest BCUT2D eigenvalue weighted by molar-refractivity contribution is 5.75. The highest BCUT2D eigenvalue weighted by Crippen LogP contribution is 2.20. The van der Waals surface area contributed by atoms with E-state index < -0.39 is 0 Å². The van der Waals surface area contributed by atoms with Crippen LogP contribution in [0.3, 0.4) is 0 Å². The van der Waals surface area contributed by atoms with Gasteiger partial charge in [0.15, 0.2) is 0 Å². The van der Waals surface area contributed by atoms with Crippen LogP contribution >= 0.6 is 0 Å². The number of hydrogen-bond donors (Lipinski definition) is 1. The molecule has 0 bridgehead atoms. The first-order valence-corrected chi connectivity index (χ1v) is 7.33. The first-order valence-electron chi connectivity index (χ1n) is 7.33. The summed E-state index contributed by atoms with van der Waals surface area (Å²) in [6.07, 6.45) is 5.86. The minimum atomic E-state index is -0.163. The van der Waals surface area contributed by atoms with Gasteiger partial charge >= 0.3 is 5.97 Å². The summed E-state index contributed by atoms with van der Waals surface area (Å²) >= 11 is 0. The van der Waals surface area contributed by atoms with Crippen LogP contribution in [0, 0.1) is 0 Å². The maximum Gasteiger partial charge on any atom is 0.322 e. The molecule has 2 aliphatic rings. The van der Waals surface area contributed by atoms with Gasteiger partial charge in [-0.25, -0.2) is 0 Å². The lowest BCUT2D eigenvalue weighted by Gasteiger charge is -2.23. The molecule has 2 rings (SSSR count). The molecule has 2 unspecified atom stereocenters. The van der Waals surface area contributed by atoms with Gasteiger partial charge in [0.05, 0.1) is 13.2 Å². The van der Waals surface area contributed by atoms with Crippen molar-refractivity contribution in [1.82, 2.24) is 10.2 Å². The first kappa shape index (κ1) is 14.8. The lowest BCUT2D eigenvalue weighted by atomic mass is 10.2. The van der Waals surface area contributed by atoms with Gasteiger partial charge in [0.2, 0.25) is 0 Å². The molecule has 1 saturated carbocycles. The molecular weight excluding hydrogens is 244 g/mol. The van der Waals surface area contributed by atoms with Crippen LogP contribution in [-0.4, -0.2) is 62.9 Å². The monoisotopic (exact) mass is 270 g/mol. The molecule has 0 aromatic carbocycles. The number of esters is 1.